The third-order valence-corrected chi connectivity index (χ3v) is 5.40. The Balaban J connectivity index is 1.89. The minimum atomic E-state index is -0.712. The molecule has 1 heterocycles. The molecule has 3 N–H and O–H groups in total. The third-order valence-electron chi connectivity index (χ3n) is 5.40. The quantitative estimate of drug-likeness (QED) is 0.271. The van der Waals surface area contributed by atoms with Crippen LogP contribution in [0.5, 0.6) is 0 Å². The zero-order valence-corrected chi connectivity index (χ0v) is 18.1. The molecule has 0 unspecified atom stereocenters. The molecule has 1 aromatic heterocycles. The molecule has 0 saturated heterocycles. The van der Waals surface area contributed by atoms with Gasteiger partial charge in [-0.05, 0) is 62.8 Å². The summed E-state index contributed by atoms with van der Waals surface area (Å²) in [6.07, 6.45) is 3.93. The number of aromatic nitrogens is 1. The van der Waals surface area contributed by atoms with Crippen LogP contribution in [-0.2, 0) is 11.2 Å². The van der Waals surface area contributed by atoms with Crippen LogP contribution < -0.4 is 10.8 Å². The number of hydrogen-bond acceptors (Lipinski definition) is 4. The summed E-state index contributed by atoms with van der Waals surface area (Å²) in [5, 5.41) is 12.3. The number of unbranched alkanes of at least 4 members (excludes halogenated alkanes) is 1. The van der Waals surface area contributed by atoms with Crippen LogP contribution in [0.4, 0.5) is 13.2 Å². The first kappa shape index (κ1) is 24.8. The van der Waals surface area contributed by atoms with Gasteiger partial charge in [-0.15, -0.1) is 0 Å². The fourth-order valence-corrected chi connectivity index (χ4v) is 3.76. The van der Waals surface area contributed by atoms with Crippen LogP contribution in [0.25, 0.3) is 0 Å². The zero-order valence-electron chi connectivity index (χ0n) is 18.1. The number of nitrogens with zero attached hydrogens (tertiary/aromatic N) is 1. The normalized spacial score (nSPS) is 13.1. The van der Waals surface area contributed by atoms with Gasteiger partial charge in [0.2, 0.25) is 5.91 Å². The Kier molecular flexibility index (Phi) is 9.45. The number of rotatable bonds is 11. The predicted molar refractivity (Wildman–Crippen MR) is 112 cm³/mol. The largest absolute Gasteiger partial charge is 0.309 e. The van der Waals surface area contributed by atoms with Crippen LogP contribution in [0.15, 0.2) is 24.4 Å². The number of aryl methyl sites for hydroxylation is 2. The van der Waals surface area contributed by atoms with Gasteiger partial charge in [0.1, 0.15) is 17.5 Å². The Morgan fingerprint density at radius 3 is 2.39 bits per heavy atom. The number of halogens is 3. The average Bonchev–Trinajstić information content (AvgIpc) is 2.73. The van der Waals surface area contributed by atoms with Crippen molar-refractivity contribution < 1.29 is 23.2 Å². The molecule has 0 aliphatic carbocycles. The van der Waals surface area contributed by atoms with Crippen LogP contribution in [-0.4, -0.2) is 22.6 Å². The molecule has 0 bridgehead atoms. The molecule has 0 fully saturated rings. The summed E-state index contributed by atoms with van der Waals surface area (Å²) in [4.78, 5) is 15.9. The van der Waals surface area contributed by atoms with Crippen molar-refractivity contribution in [3.05, 3.63) is 64.2 Å². The van der Waals surface area contributed by atoms with Crippen molar-refractivity contribution in [3.8, 4) is 0 Å². The van der Waals surface area contributed by atoms with Crippen molar-refractivity contribution in [2.45, 2.75) is 58.9 Å². The van der Waals surface area contributed by atoms with E-state index in [1.54, 1.807) is 31.5 Å². The lowest BCUT2D eigenvalue weighted by Crippen LogP contribution is -2.30. The van der Waals surface area contributed by atoms with Crippen molar-refractivity contribution in [1.82, 2.24) is 15.8 Å². The molecule has 0 radical (unpaired) electrons. The van der Waals surface area contributed by atoms with E-state index in [0.29, 0.717) is 43.4 Å². The van der Waals surface area contributed by atoms with Gasteiger partial charge < -0.3 is 5.32 Å². The summed E-state index contributed by atoms with van der Waals surface area (Å²) < 4.78 is 40.9. The molecular weight excluding hydrogens is 407 g/mol. The second kappa shape index (κ2) is 11.8. The molecule has 1 aromatic carbocycles. The van der Waals surface area contributed by atoms with Gasteiger partial charge in [0, 0.05) is 12.0 Å². The smallest absolute Gasteiger partial charge is 0.246 e. The van der Waals surface area contributed by atoms with E-state index in [4.69, 9.17) is 5.21 Å². The lowest BCUT2D eigenvalue weighted by Gasteiger charge is -2.18. The Hall–Kier alpha value is -2.45. The number of pyridine rings is 1. The minimum absolute atomic E-state index is 0.184. The fraction of sp³-hybridized carbons (Fsp3) is 0.478. The number of carbonyl (C=O) groups excluding carboxylic acids is 1. The van der Waals surface area contributed by atoms with Gasteiger partial charge >= 0.3 is 0 Å². The summed E-state index contributed by atoms with van der Waals surface area (Å²) in [6.45, 7) is 5.82. The standard InChI is InChI=1S/C23H30F3N3O2/c1-4-20(22-19(25)12-18(24)13-28-22)27-8-6-5-7-17(23(30)29-31)11-16-9-14(2)21(26)15(3)10-16/h9-10,12-13,17,20,27,31H,4-8,11H2,1-3H3,(H,29,30)/t17-,20+/m0/s1. The molecule has 1 amide bonds. The van der Waals surface area contributed by atoms with Crippen molar-refractivity contribution in [2.24, 2.45) is 5.92 Å². The van der Waals surface area contributed by atoms with Crippen LogP contribution in [0.1, 0.15) is 61.0 Å². The number of carbonyl (C=O) groups is 1. The molecule has 2 atom stereocenters. The molecule has 0 saturated carbocycles. The minimum Gasteiger partial charge on any atom is -0.309 e. The Morgan fingerprint density at radius 1 is 1.13 bits per heavy atom. The third kappa shape index (κ3) is 7.04. The van der Waals surface area contributed by atoms with E-state index in [1.165, 1.54) is 0 Å². The fourth-order valence-electron chi connectivity index (χ4n) is 3.76. The van der Waals surface area contributed by atoms with Crippen molar-refractivity contribution in [2.75, 3.05) is 6.54 Å². The predicted octanol–water partition coefficient (Wildman–Crippen LogP) is 4.69. The lowest BCUT2D eigenvalue weighted by atomic mass is 9.91. The first-order valence-electron chi connectivity index (χ1n) is 10.5. The number of hydroxylamine groups is 1. The van der Waals surface area contributed by atoms with E-state index in [0.717, 1.165) is 24.2 Å². The number of nitrogens with one attached hydrogen (secondary N) is 2. The van der Waals surface area contributed by atoms with E-state index < -0.39 is 23.5 Å². The topological polar surface area (TPSA) is 74.2 Å². The number of hydrogen-bond donors (Lipinski definition) is 3. The molecule has 2 rings (SSSR count). The second-order valence-electron chi connectivity index (χ2n) is 7.85. The maximum atomic E-state index is 14.0. The van der Waals surface area contributed by atoms with Gasteiger partial charge in [-0.3, -0.25) is 15.0 Å². The molecule has 170 valence electrons. The SMILES string of the molecule is CC[C@@H](NCCCC[C@@H](Cc1cc(C)c(F)c(C)c1)C(=O)NO)c1ncc(F)cc1F. The van der Waals surface area contributed by atoms with Gasteiger partial charge in [0.05, 0.1) is 17.9 Å². The summed E-state index contributed by atoms with van der Waals surface area (Å²) in [5.41, 5.74) is 3.79. The molecule has 0 aliphatic rings. The van der Waals surface area contributed by atoms with Crippen molar-refractivity contribution in [1.29, 1.82) is 0 Å². The first-order chi connectivity index (χ1) is 14.8. The van der Waals surface area contributed by atoms with Crippen LogP contribution in [0.3, 0.4) is 0 Å². The van der Waals surface area contributed by atoms with Crippen LogP contribution in [0, 0.1) is 37.2 Å². The van der Waals surface area contributed by atoms with Gasteiger partial charge in [-0.1, -0.05) is 25.5 Å². The monoisotopic (exact) mass is 437 g/mol. The molecule has 31 heavy (non-hydrogen) atoms. The first-order valence-corrected chi connectivity index (χ1v) is 10.5. The average molecular weight is 438 g/mol. The Labute approximate surface area is 181 Å². The van der Waals surface area contributed by atoms with Gasteiger partial charge in [0.25, 0.3) is 0 Å². The molecule has 5 nitrogen and oxygen atoms in total. The Bertz CT molecular complexity index is 869. The summed E-state index contributed by atoms with van der Waals surface area (Å²) >= 11 is 0. The highest BCUT2D eigenvalue weighted by Crippen LogP contribution is 2.21. The number of benzene rings is 1. The molecular formula is C23H30F3N3O2. The summed E-state index contributed by atoms with van der Waals surface area (Å²) in [6, 6.07) is 3.93. The van der Waals surface area contributed by atoms with Crippen molar-refractivity contribution >= 4 is 5.91 Å². The maximum Gasteiger partial charge on any atom is 0.246 e. The van der Waals surface area contributed by atoms with E-state index in [1.807, 2.05) is 6.92 Å². The molecule has 8 heteroatoms. The highest BCUT2D eigenvalue weighted by Gasteiger charge is 2.20. The maximum absolute atomic E-state index is 14.0. The van der Waals surface area contributed by atoms with Gasteiger partial charge in [-0.2, -0.15) is 0 Å². The summed E-state index contributed by atoms with van der Waals surface area (Å²) in [5.74, 6) is -2.57. The summed E-state index contributed by atoms with van der Waals surface area (Å²) in [7, 11) is 0. The van der Waals surface area contributed by atoms with E-state index in [-0.39, 0.29) is 17.6 Å². The highest BCUT2D eigenvalue weighted by molar-refractivity contribution is 5.77. The van der Waals surface area contributed by atoms with Crippen molar-refractivity contribution in [3.63, 3.8) is 0 Å². The van der Waals surface area contributed by atoms with Gasteiger partial charge in [0.15, 0.2) is 0 Å². The molecule has 0 aliphatic heterocycles. The van der Waals surface area contributed by atoms with E-state index in [2.05, 4.69) is 10.3 Å². The van der Waals surface area contributed by atoms with Crippen LogP contribution in [0.2, 0.25) is 0 Å². The highest BCUT2D eigenvalue weighted by atomic mass is 19.1. The zero-order chi connectivity index (χ0) is 23.0. The lowest BCUT2D eigenvalue weighted by molar-refractivity contribution is -0.133. The molecule has 0 spiro atoms. The van der Waals surface area contributed by atoms with Gasteiger partial charge in [-0.25, -0.2) is 18.7 Å². The van der Waals surface area contributed by atoms with E-state index >= 15 is 0 Å². The Morgan fingerprint density at radius 2 is 1.81 bits per heavy atom. The second-order valence-corrected chi connectivity index (χ2v) is 7.85. The number of amides is 1. The molecule has 2 aromatic rings. The van der Waals surface area contributed by atoms with E-state index in [9.17, 15) is 18.0 Å². The van der Waals surface area contributed by atoms with Crippen LogP contribution >= 0.6 is 0 Å².